The normalized spacial score (nSPS) is 10.7. The summed E-state index contributed by atoms with van der Waals surface area (Å²) in [5.74, 6) is 1.65. The van der Waals surface area contributed by atoms with Crippen LogP contribution in [0.4, 0.5) is 0 Å². The molecule has 2 aromatic carbocycles. The fraction of sp³-hybridized carbons (Fsp3) is 0.167. The molecule has 0 fully saturated rings. The Morgan fingerprint density at radius 2 is 1.52 bits per heavy atom. The van der Waals surface area contributed by atoms with Gasteiger partial charge in [-0.2, -0.15) is 0 Å². The molecule has 2 N–H and O–H groups in total. The Balaban J connectivity index is 2.06. The van der Waals surface area contributed by atoms with Gasteiger partial charge in [0.15, 0.2) is 5.76 Å². The monoisotopic (exact) mass is 279 g/mol. The molecule has 3 rings (SSSR count). The minimum atomic E-state index is 0.797. The average molecular weight is 279 g/mol. The molecule has 0 aliphatic rings. The van der Waals surface area contributed by atoms with E-state index in [2.05, 4.69) is 36.6 Å². The number of benzene rings is 2. The molecular formula is C18H19N2O+. The maximum atomic E-state index is 6.03. The molecular weight excluding hydrogens is 260 g/mol. The van der Waals surface area contributed by atoms with E-state index in [1.807, 2.05) is 36.4 Å². The Kier molecular flexibility index (Phi) is 4.12. The molecule has 0 saturated carbocycles. The Bertz CT molecular complexity index is 633. The van der Waals surface area contributed by atoms with Gasteiger partial charge < -0.3 is 9.73 Å². The van der Waals surface area contributed by atoms with Crippen molar-refractivity contribution in [2.24, 2.45) is 0 Å². The van der Waals surface area contributed by atoms with E-state index in [1.54, 1.807) is 0 Å². The fourth-order valence-electron chi connectivity index (χ4n) is 2.32. The van der Waals surface area contributed by atoms with E-state index < -0.39 is 0 Å². The molecule has 0 atom stereocenters. The summed E-state index contributed by atoms with van der Waals surface area (Å²) in [6.45, 7) is 0.975. The Morgan fingerprint density at radius 3 is 2.14 bits per heavy atom. The lowest BCUT2D eigenvalue weighted by Gasteiger charge is -2.00. The molecule has 0 spiro atoms. The Labute approximate surface area is 124 Å². The lowest BCUT2D eigenvalue weighted by molar-refractivity contribution is -0.626. The number of hydrogen-bond acceptors (Lipinski definition) is 2. The van der Waals surface area contributed by atoms with Gasteiger partial charge in [0.25, 0.3) is 0 Å². The van der Waals surface area contributed by atoms with E-state index in [-0.39, 0.29) is 0 Å². The Hall–Kier alpha value is -2.39. The number of quaternary nitrogens is 1. The zero-order chi connectivity index (χ0) is 14.5. The van der Waals surface area contributed by atoms with Crippen molar-refractivity contribution < 1.29 is 9.73 Å². The highest BCUT2D eigenvalue weighted by atomic mass is 16.4. The number of likely N-dealkylation sites (N-methyl/N-ethyl adjacent to an activating group) is 1. The van der Waals surface area contributed by atoms with Gasteiger partial charge in [-0.15, -0.1) is 0 Å². The summed E-state index contributed by atoms with van der Waals surface area (Å²) in [4.78, 5) is 4.71. The number of oxazole rings is 1. The van der Waals surface area contributed by atoms with Crippen LogP contribution in [-0.4, -0.2) is 18.6 Å². The molecule has 1 heterocycles. The van der Waals surface area contributed by atoms with Gasteiger partial charge in [-0.25, -0.2) is 4.98 Å². The maximum Gasteiger partial charge on any atom is 0.201 e. The second-order valence-electron chi connectivity index (χ2n) is 4.96. The van der Waals surface area contributed by atoms with E-state index in [1.165, 1.54) is 0 Å². The number of hydrogen-bond donors (Lipinski definition) is 1. The van der Waals surface area contributed by atoms with Gasteiger partial charge in [-0.3, -0.25) is 0 Å². The van der Waals surface area contributed by atoms with Gasteiger partial charge in [0.1, 0.15) is 5.69 Å². The van der Waals surface area contributed by atoms with Gasteiger partial charge in [0.2, 0.25) is 5.89 Å². The lowest BCUT2D eigenvalue weighted by Crippen LogP contribution is -2.80. The standard InChI is InChI=1S/C18H18N2O/c1-19-13-12-16-20-17(14-8-4-2-5-9-14)18(21-16)15-10-6-3-7-11-15/h2-11,19H,12-13H2,1H3/p+1. The summed E-state index contributed by atoms with van der Waals surface area (Å²) in [5.41, 5.74) is 3.08. The molecule has 0 amide bonds. The molecule has 106 valence electrons. The predicted octanol–water partition coefficient (Wildman–Crippen LogP) is 2.74. The van der Waals surface area contributed by atoms with E-state index in [4.69, 9.17) is 9.40 Å². The fourth-order valence-corrected chi connectivity index (χ4v) is 2.32. The van der Waals surface area contributed by atoms with E-state index in [9.17, 15) is 0 Å². The van der Waals surface area contributed by atoms with Crippen LogP contribution in [0.25, 0.3) is 22.6 Å². The number of aromatic nitrogens is 1. The average Bonchev–Trinajstić information content (AvgIpc) is 2.99. The maximum absolute atomic E-state index is 6.03. The highest BCUT2D eigenvalue weighted by molar-refractivity contribution is 5.76. The molecule has 1 aromatic heterocycles. The van der Waals surface area contributed by atoms with Crippen LogP contribution in [0.1, 0.15) is 5.89 Å². The molecule has 3 heteroatoms. The summed E-state index contributed by atoms with van der Waals surface area (Å²) in [6, 6.07) is 20.4. The Morgan fingerprint density at radius 1 is 0.905 bits per heavy atom. The first kappa shape index (κ1) is 13.6. The van der Waals surface area contributed by atoms with Gasteiger partial charge in [-0.1, -0.05) is 60.7 Å². The van der Waals surface area contributed by atoms with Crippen LogP contribution < -0.4 is 5.32 Å². The first-order valence-electron chi connectivity index (χ1n) is 7.27. The molecule has 3 aromatic rings. The van der Waals surface area contributed by atoms with E-state index in [0.717, 1.165) is 41.4 Å². The number of nitrogens with zero attached hydrogens (tertiary/aromatic N) is 1. The van der Waals surface area contributed by atoms with Crippen LogP contribution in [0, 0.1) is 0 Å². The highest BCUT2D eigenvalue weighted by Crippen LogP contribution is 2.32. The SMILES string of the molecule is C[NH2+]CCc1nc(-c2ccccc2)c(-c2ccccc2)o1. The van der Waals surface area contributed by atoms with Crippen molar-refractivity contribution >= 4 is 0 Å². The minimum Gasteiger partial charge on any atom is -0.440 e. The van der Waals surface area contributed by atoms with Crippen LogP contribution in [0.3, 0.4) is 0 Å². The van der Waals surface area contributed by atoms with Crippen molar-refractivity contribution in [1.29, 1.82) is 0 Å². The zero-order valence-electron chi connectivity index (χ0n) is 12.1. The topological polar surface area (TPSA) is 42.6 Å². The lowest BCUT2D eigenvalue weighted by atomic mass is 10.1. The van der Waals surface area contributed by atoms with Crippen molar-refractivity contribution in [2.45, 2.75) is 6.42 Å². The van der Waals surface area contributed by atoms with Crippen molar-refractivity contribution in [1.82, 2.24) is 4.98 Å². The van der Waals surface area contributed by atoms with Gasteiger partial charge >= 0.3 is 0 Å². The first-order valence-corrected chi connectivity index (χ1v) is 7.27. The van der Waals surface area contributed by atoms with Crippen molar-refractivity contribution in [3.8, 4) is 22.6 Å². The molecule has 3 nitrogen and oxygen atoms in total. The molecule has 0 saturated heterocycles. The summed E-state index contributed by atoms with van der Waals surface area (Å²) in [6.07, 6.45) is 0.836. The second-order valence-corrected chi connectivity index (χ2v) is 4.96. The van der Waals surface area contributed by atoms with Crippen molar-refractivity contribution in [3.63, 3.8) is 0 Å². The number of rotatable bonds is 5. The molecule has 0 aliphatic carbocycles. The number of nitrogens with two attached hydrogens (primary N) is 1. The van der Waals surface area contributed by atoms with Crippen LogP contribution in [0.2, 0.25) is 0 Å². The summed E-state index contributed by atoms with van der Waals surface area (Å²) < 4.78 is 6.03. The summed E-state index contributed by atoms with van der Waals surface area (Å²) >= 11 is 0. The van der Waals surface area contributed by atoms with Crippen LogP contribution in [0.5, 0.6) is 0 Å². The van der Waals surface area contributed by atoms with Gasteiger partial charge in [-0.05, 0) is 0 Å². The minimum absolute atomic E-state index is 0.797. The van der Waals surface area contributed by atoms with E-state index in [0.29, 0.717) is 0 Å². The van der Waals surface area contributed by atoms with Crippen molar-refractivity contribution in [2.75, 3.05) is 13.6 Å². The van der Waals surface area contributed by atoms with Gasteiger partial charge in [0.05, 0.1) is 20.0 Å². The third-order valence-electron chi connectivity index (χ3n) is 3.40. The van der Waals surface area contributed by atoms with Crippen LogP contribution in [0.15, 0.2) is 65.1 Å². The highest BCUT2D eigenvalue weighted by Gasteiger charge is 2.16. The second kappa shape index (κ2) is 6.37. The van der Waals surface area contributed by atoms with Crippen LogP contribution in [-0.2, 0) is 6.42 Å². The molecule has 21 heavy (non-hydrogen) atoms. The zero-order valence-corrected chi connectivity index (χ0v) is 12.1. The van der Waals surface area contributed by atoms with E-state index >= 15 is 0 Å². The van der Waals surface area contributed by atoms with Gasteiger partial charge in [0, 0.05) is 11.1 Å². The van der Waals surface area contributed by atoms with Crippen molar-refractivity contribution in [3.05, 3.63) is 66.6 Å². The molecule has 0 unspecified atom stereocenters. The summed E-state index contributed by atoms with van der Waals surface area (Å²) in [5, 5.41) is 2.13. The first-order chi connectivity index (χ1) is 10.4. The third-order valence-corrected chi connectivity index (χ3v) is 3.40. The summed E-state index contributed by atoms with van der Waals surface area (Å²) in [7, 11) is 2.05. The predicted molar refractivity (Wildman–Crippen MR) is 83.8 cm³/mol. The molecule has 0 radical (unpaired) electrons. The molecule has 0 bridgehead atoms. The van der Waals surface area contributed by atoms with Crippen LogP contribution >= 0.6 is 0 Å². The molecule has 0 aliphatic heterocycles. The largest absolute Gasteiger partial charge is 0.440 e. The third kappa shape index (κ3) is 3.03. The quantitative estimate of drug-likeness (QED) is 0.780. The smallest absolute Gasteiger partial charge is 0.201 e.